The van der Waals surface area contributed by atoms with Gasteiger partial charge in [-0.25, -0.2) is 0 Å². The third kappa shape index (κ3) is 3.91. The molecule has 0 bridgehead atoms. The summed E-state index contributed by atoms with van der Waals surface area (Å²) in [7, 11) is 0. The van der Waals surface area contributed by atoms with Crippen LogP contribution in [0.25, 0.3) is 10.9 Å². The minimum absolute atomic E-state index is 0.0381. The van der Waals surface area contributed by atoms with Gasteiger partial charge in [0.15, 0.2) is 0 Å². The van der Waals surface area contributed by atoms with E-state index in [2.05, 4.69) is 22.4 Å². The van der Waals surface area contributed by atoms with Gasteiger partial charge in [0.2, 0.25) is 0 Å². The Bertz CT molecular complexity index is 871. The van der Waals surface area contributed by atoms with Crippen molar-refractivity contribution >= 4 is 10.9 Å². The van der Waals surface area contributed by atoms with Crippen LogP contribution in [0.3, 0.4) is 0 Å². The Morgan fingerprint density at radius 1 is 0.958 bits per heavy atom. The molecule has 3 rings (SSSR count). The van der Waals surface area contributed by atoms with Crippen LogP contribution in [0, 0.1) is 0 Å². The predicted molar refractivity (Wildman–Crippen MR) is 96.9 cm³/mol. The maximum Gasteiger partial charge on any atom is 0.252 e. The number of hydrogen-bond acceptors (Lipinski definition) is 3. The van der Waals surface area contributed by atoms with Gasteiger partial charge in [0.1, 0.15) is 0 Å². The number of fused-ring (bicyclic) bond motifs is 1. The first-order valence-electron chi connectivity index (χ1n) is 8.24. The van der Waals surface area contributed by atoms with E-state index in [-0.39, 0.29) is 5.56 Å². The Morgan fingerprint density at radius 2 is 1.67 bits per heavy atom. The maximum atomic E-state index is 12.2. The first kappa shape index (κ1) is 16.4. The molecule has 0 aliphatic rings. The second kappa shape index (κ2) is 7.90. The van der Waals surface area contributed by atoms with Gasteiger partial charge in [-0.3, -0.25) is 4.79 Å². The molecule has 3 aromatic rings. The standard InChI is InChI=1S/C20H22N2O2/c1-2-24-14-17-9-4-3-8-16(17)12-21-13-18-11-15-7-5-6-10-19(15)22-20(18)23/h3-11,21H,2,12-14H2,1H3,(H,22,23). The number of benzene rings is 2. The SMILES string of the molecule is CCOCc1ccccc1CNCc1cc2ccccc2[nH]c1=O. The molecule has 4 nitrogen and oxygen atoms in total. The summed E-state index contributed by atoms with van der Waals surface area (Å²) in [5.74, 6) is 0. The lowest BCUT2D eigenvalue weighted by atomic mass is 10.1. The summed E-state index contributed by atoms with van der Waals surface area (Å²) in [5, 5.41) is 4.41. The zero-order valence-electron chi connectivity index (χ0n) is 13.8. The molecule has 0 aliphatic carbocycles. The highest BCUT2D eigenvalue weighted by atomic mass is 16.5. The Balaban J connectivity index is 1.69. The first-order valence-corrected chi connectivity index (χ1v) is 8.24. The van der Waals surface area contributed by atoms with Gasteiger partial charge in [-0.05, 0) is 35.6 Å². The molecule has 124 valence electrons. The molecule has 0 fully saturated rings. The number of pyridine rings is 1. The lowest BCUT2D eigenvalue weighted by Gasteiger charge is -2.11. The molecule has 0 spiro atoms. The van der Waals surface area contributed by atoms with Crippen molar-refractivity contribution < 1.29 is 4.74 Å². The van der Waals surface area contributed by atoms with Crippen molar-refractivity contribution in [3.63, 3.8) is 0 Å². The van der Waals surface area contributed by atoms with Gasteiger partial charge in [-0.15, -0.1) is 0 Å². The fourth-order valence-corrected chi connectivity index (χ4v) is 2.74. The first-order chi connectivity index (χ1) is 11.8. The Hall–Kier alpha value is -2.43. The van der Waals surface area contributed by atoms with Gasteiger partial charge in [-0.1, -0.05) is 42.5 Å². The Morgan fingerprint density at radius 3 is 2.50 bits per heavy atom. The summed E-state index contributed by atoms with van der Waals surface area (Å²) in [6.07, 6.45) is 0. The van der Waals surface area contributed by atoms with E-state index in [1.807, 2.05) is 49.4 Å². The van der Waals surface area contributed by atoms with Gasteiger partial charge >= 0.3 is 0 Å². The van der Waals surface area contributed by atoms with Crippen molar-refractivity contribution in [1.82, 2.24) is 10.3 Å². The van der Waals surface area contributed by atoms with Crippen molar-refractivity contribution in [2.75, 3.05) is 6.61 Å². The third-order valence-corrected chi connectivity index (χ3v) is 4.04. The zero-order chi connectivity index (χ0) is 16.8. The van der Waals surface area contributed by atoms with Gasteiger partial charge in [0.05, 0.1) is 6.61 Å². The van der Waals surface area contributed by atoms with Gasteiger partial charge < -0.3 is 15.0 Å². The van der Waals surface area contributed by atoms with Crippen molar-refractivity contribution in [3.05, 3.63) is 81.6 Å². The van der Waals surface area contributed by atoms with Crippen LogP contribution in [0.1, 0.15) is 23.6 Å². The van der Waals surface area contributed by atoms with Crippen molar-refractivity contribution in [1.29, 1.82) is 0 Å². The number of aromatic amines is 1. The molecule has 24 heavy (non-hydrogen) atoms. The molecule has 2 aromatic carbocycles. The molecule has 0 radical (unpaired) electrons. The lowest BCUT2D eigenvalue weighted by molar-refractivity contribution is 0.133. The van der Waals surface area contributed by atoms with Crippen molar-refractivity contribution in [2.24, 2.45) is 0 Å². The minimum Gasteiger partial charge on any atom is -0.377 e. The largest absolute Gasteiger partial charge is 0.377 e. The normalized spacial score (nSPS) is 11.0. The van der Waals surface area contributed by atoms with Crippen LogP contribution in [0.4, 0.5) is 0 Å². The fourth-order valence-electron chi connectivity index (χ4n) is 2.74. The predicted octanol–water partition coefficient (Wildman–Crippen LogP) is 3.35. The van der Waals surface area contributed by atoms with Crippen LogP contribution in [-0.2, 0) is 24.4 Å². The molecule has 0 saturated carbocycles. The monoisotopic (exact) mass is 322 g/mol. The van der Waals surface area contributed by atoms with Crippen LogP contribution >= 0.6 is 0 Å². The van der Waals surface area contributed by atoms with E-state index < -0.39 is 0 Å². The Kier molecular flexibility index (Phi) is 5.41. The number of ether oxygens (including phenoxy) is 1. The average Bonchev–Trinajstić information content (AvgIpc) is 2.61. The molecule has 0 aliphatic heterocycles. The summed E-state index contributed by atoms with van der Waals surface area (Å²) >= 11 is 0. The van der Waals surface area contributed by atoms with E-state index in [0.29, 0.717) is 26.3 Å². The fraction of sp³-hybridized carbons (Fsp3) is 0.250. The third-order valence-electron chi connectivity index (χ3n) is 4.04. The van der Waals surface area contributed by atoms with E-state index in [0.717, 1.165) is 16.5 Å². The van der Waals surface area contributed by atoms with Crippen LogP contribution in [0.2, 0.25) is 0 Å². The minimum atomic E-state index is -0.0381. The molecule has 0 saturated heterocycles. The number of nitrogens with one attached hydrogen (secondary N) is 2. The van der Waals surface area contributed by atoms with E-state index >= 15 is 0 Å². The molecule has 1 heterocycles. The topological polar surface area (TPSA) is 54.1 Å². The summed E-state index contributed by atoms with van der Waals surface area (Å²) in [4.78, 5) is 15.1. The maximum absolute atomic E-state index is 12.2. The summed E-state index contributed by atoms with van der Waals surface area (Å²) < 4.78 is 5.51. The average molecular weight is 322 g/mol. The molecular weight excluding hydrogens is 300 g/mol. The number of para-hydroxylation sites is 1. The van der Waals surface area contributed by atoms with E-state index in [1.165, 1.54) is 11.1 Å². The smallest absolute Gasteiger partial charge is 0.252 e. The highest BCUT2D eigenvalue weighted by Crippen LogP contribution is 2.12. The molecule has 0 unspecified atom stereocenters. The summed E-state index contributed by atoms with van der Waals surface area (Å²) in [6.45, 7) is 4.55. The molecule has 2 N–H and O–H groups in total. The van der Waals surface area contributed by atoms with Crippen LogP contribution < -0.4 is 10.9 Å². The number of hydrogen-bond donors (Lipinski definition) is 2. The van der Waals surface area contributed by atoms with E-state index in [9.17, 15) is 4.79 Å². The van der Waals surface area contributed by atoms with Crippen molar-refractivity contribution in [2.45, 2.75) is 26.6 Å². The summed E-state index contributed by atoms with van der Waals surface area (Å²) in [6, 6.07) is 18.0. The summed E-state index contributed by atoms with van der Waals surface area (Å²) in [5.41, 5.74) is 3.95. The van der Waals surface area contributed by atoms with E-state index in [1.54, 1.807) is 0 Å². The highest BCUT2D eigenvalue weighted by molar-refractivity contribution is 5.78. The number of aromatic nitrogens is 1. The molecule has 1 aromatic heterocycles. The van der Waals surface area contributed by atoms with Crippen LogP contribution in [0.5, 0.6) is 0 Å². The zero-order valence-corrected chi connectivity index (χ0v) is 13.8. The van der Waals surface area contributed by atoms with Crippen LogP contribution in [-0.4, -0.2) is 11.6 Å². The Labute approximate surface area is 141 Å². The molecule has 0 amide bonds. The second-order valence-corrected chi connectivity index (χ2v) is 5.72. The number of H-pyrrole nitrogens is 1. The highest BCUT2D eigenvalue weighted by Gasteiger charge is 2.05. The van der Waals surface area contributed by atoms with Gasteiger partial charge in [0.25, 0.3) is 5.56 Å². The molecule has 0 atom stereocenters. The quantitative estimate of drug-likeness (QED) is 0.701. The van der Waals surface area contributed by atoms with Crippen LogP contribution in [0.15, 0.2) is 59.4 Å². The number of rotatable bonds is 7. The van der Waals surface area contributed by atoms with Crippen molar-refractivity contribution in [3.8, 4) is 0 Å². The molecular formula is C20H22N2O2. The lowest BCUT2D eigenvalue weighted by Crippen LogP contribution is -2.21. The van der Waals surface area contributed by atoms with E-state index in [4.69, 9.17) is 4.74 Å². The van der Waals surface area contributed by atoms with Gasteiger partial charge in [0, 0.05) is 30.8 Å². The van der Waals surface area contributed by atoms with Gasteiger partial charge in [-0.2, -0.15) is 0 Å². The molecule has 4 heteroatoms. The second-order valence-electron chi connectivity index (χ2n) is 5.72.